The highest BCUT2D eigenvalue weighted by molar-refractivity contribution is 9.10. The number of aliphatic hydroxyl groups is 1. The van der Waals surface area contributed by atoms with E-state index in [0.717, 1.165) is 0 Å². The molecule has 4 nitrogen and oxygen atoms in total. The van der Waals surface area contributed by atoms with Crippen molar-refractivity contribution in [1.82, 2.24) is 0 Å². The van der Waals surface area contributed by atoms with Gasteiger partial charge in [-0.3, -0.25) is 0 Å². The van der Waals surface area contributed by atoms with Gasteiger partial charge in [0.05, 0.1) is 17.7 Å². The molecule has 15 heavy (non-hydrogen) atoms. The van der Waals surface area contributed by atoms with Crippen LogP contribution in [0.25, 0.3) is 0 Å². The van der Waals surface area contributed by atoms with Gasteiger partial charge in [-0.25, -0.2) is 0 Å². The molecular formula is C10H14BrNO3. The van der Waals surface area contributed by atoms with Gasteiger partial charge in [-0.2, -0.15) is 0 Å². The normalized spacial score (nSPS) is 12.5. The summed E-state index contributed by atoms with van der Waals surface area (Å²) in [7, 11) is 1.46. The molecule has 1 atom stereocenters. The number of halogens is 1. The first-order valence-corrected chi connectivity index (χ1v) is 5.34. The van der Waals surface area contributed by atoms with E-state index in [1.54, 1.807) is 12.1 Å². The van der Waals surface area contributed by atoms with Gasteiger partial charge in [0.2, 0.25) is 0 Å². The van der Waals surface area contributed by atoms with E-state index in [-0.39, 0.29) is 5.75 Å². The molecule has 0 aromatic heterocycles. The Morgan fingerprint density at radius 3 is 2.73 bits per heavy atom. The second kappa shape index (κ2) is 5.34. The molecule has 0 saturated heterocycles. The predicted octanol–water partition coefficient (Wildman–Crippen LogP) is 1.55. The molecule has 1 aromatic carbocycles. The van der Waals surface area contributed by atoms with Crippen LogP contribution in [0.1, 0.15) is 18.1 Å². The number of rotatable bonds is 4. The van der Waals surface area contributed by atoms with Crippen LogP contribution in [-0.4, -0.2) is 23.9 Å². The highest BCUT2D eigenvalue weighted by atomic mass is 79.9. The Balaban J connectivity index is 3.05. The molecule has 0 heterocycles. The van der Waals surface area contributed by atoms with Gasteiger partial charge in [0, 0.05) is 0 Å². The quantitative estimate of drug-likeness (QED) is 0.779. The van der Waals surface area contributed by atoms with Crippen molar-refractivity contribution in [3.8, 4) is 11.5 Å². The van der Waals surface area contributed by atoms with Crippen LogP contribution in [-0.2, 0) is 0 Å². The smallest absolute Gasteiger partial charge is 0.172 e. The van der Waals surface area contributed by atoms with Gasteiger partial charge in [0.25, 0.3) is 0 Å². The number of ether oxygens (including phenoxy) is 1. The maximum absolute atomic E-state index is 9.72. The summed E-state index contributed by atoms with van der Waals surface area (Å²) >= 11 is 3.18. The SMILES string of the molecule is COc1cc(C(O)CCN)cc(Br)c1O. The summed E-state index contributed by atoms with van der Waals surface area (Å²) in [4.78, 5) is 0. The first-order chi connectivity index (χ1) is 7.10. The summed E-state index contributed by atoms with van der Waals surface area (Å²) < 4.78 is 5.47. The molecule has 1 rings (SSSR count). The molecule has 0 aliphatic heterocycles. The van der Waals surface area contributed by atoms with Crippen molar-refractivity contribution in [3.63, 3.8) is 0 Å². The lowest BCUT2D eigenvalue weighted by atomic mass is 10.1. The number of hydrogen-bond donors (Lipinski definition) is 3. The van der Waals surface area contributed by atoms with Gasteiger partial charge in [0.1, 0.15) is 0 Å². The molecule has 0 radical (unpaired) electrons. The number of hydrogen-bond acceptors (Lipinski definition) is 4. The summed E-state index contributed by atoms with van der Waals surface area (Å²) in [6.07, 6.45) is -0.166. The third-order valence-electron chi connectivity index (χ3n) is 2.10. The van der Waals surface area contributed by atoms with E-state index in [0.29, 0.717) is 28.8 Å². The molecule has 1 unspecified atom stereocenters. The van der Waals surface area contributed by atoms with Crippen LogP contribution >= 0.6 is 15.9 Å². The number of methoxy groups -OCH3 is 1. The lowest BCUT2D eigenvalue weighted by Crippen LogP contribution is -2.06. The van der Waals surface area contributed by atoms with Crippen molar-refractivity contribution in [2.24, 2.45) is 5.73 Å². The molecular weight excluding hydrogens is 262 g/mol. The third kappa shape index (κ3) is 2.84. The summed E-state index contributed by atoms with van der Waals surface area (Å²) in [6.45, 7) is 0.405. The van der Waals surface area contributed by atoms with Crippen molar-refractivity contribution in [2.45, 2.75) is 12.5 Å². The Morgan fingerprint density at radius 2 is 2.20 bits per heavy atom. The van der Waals surface area contributed by atoms with Crippen LogP contribution in [0.4, 0.5) is 0 Å². The fraction of sp³-hybridized carbons (Fsp3) is 0.400. The van der Waals surface area contributed by atoms with E-state index in [4.69, 9.17) is 10.5 Å². The summed E-state index contributed by atoms with van der Waals surface area (Å²) in [5.74, 6) is 0.358. The number of phenolic OH excluding ortho intramolecular Hbond substituents is 1. The van der Waals surface area contributed by atoms with Crippen molar-refractivity contribution in [3.05, 3.63) is 22.2 Å². The standard InChI is InChI=1S/C10H14BrNO3/c1-15-9-5-6(8(13)2-3-12)4-7(11)10(9)14/h4-5,8,13-14H,2-3,12H2,1H3. The van der Waals surface area contributed by atoms with Gasteiger partial charge >= 0.3 is 0 Å². The van der Waals surface area contributed by atoms with Gasteiger partial charge in [-0.05, 0) is 46.6 Å². The number of benzene rings is 1. The van der Waals surface area contributed by atoms with E-state index in [1.807, 2.05) is 0 Å². The van der Waals surface area contributed by atoms with Gasteiger partial charge in [0.15, 0.2) is 11.5 Å². The van der Waals surface area contributed by atoms with E-state index in [9.17, 15) is 10.2 Å². The Labute approximate surface area is 96.8 Å². The highest BCUT2D eigenvalue weighted by Gasteiger charge is 2.13. The molecule has 0 saturated carbocycles. The van der Waals surface area contributed by atoms with Crippen molar-refractivity contribution in [2.75, 3.05) is 13.7 Å². The summed E-state index contributed by atoms with van der Waals surface area (Å²) in [6, 6.07) is 3.25. The maximum Gasteiger partial charge on any atom is 0.172 e. The van der Waals surface area contributed by atoms with Crippen LogP contribution in [0.2, 0.25) is 0 Å². The predicted molar refractivity (Wildman–Crippen MR) is 61.0 cm³/mol. The number of nitrogens with two attached hydrogens (primary N) is 1. The lowest BCUT2D eigenvalue weighted by molar-refractivity contribution is 0.169. The molecule has 0 amide bonds. The number of aromatic hydroxyl groups is 1. The van der Waals surface area contributed by atoms with Gasteiger partial charge < -0.3 is 20.7 Å². The second-order valence-corrected chi connectivity index (χ2v) is 4.00. The van der Waals surface area contributed by atoms with E-state index >= 15 is 0 Å². The van der Waals surface area contributed by atoms with Crippen molar-refractivity contribution in [1.29, 1.82) is 0 Å². The van der Waals surface area contributed by atoms with Gasteiger partial charge in [-0.1, -0.05) is 0 Å². The summed E-state index contributed by atoms with van der Waals surface area (Å²) in [5.41, 5.74) is 6.02. The molecule has 1 aromatic rings. The molecule has 0 spiro atoms. The second-order valence-electron chi connectivity index (χ2n) is 3.15. The van der Waals surface area contributed by atoms with Crippen molar-refractivity contribution >= 4 is 15.9 Å². The largest absolute Gasteiger partial charge is 0.503 e. The minimum atomic E-state index is -0.638. The number of aliphatic hydroxyl groups excluding tert-OH is 1. The first-order valence-electron chi connectivity index (χ1n) is 4.54. The molecule has 4 N–H and O–H groups in total. The third-order valence-corrected chi connectivity index (χ3v) is 2.70. The topological polar surface area (TPSA) is 75.7 Å². The van der Waals surface area contributed by atoms with Crippen LogP contribution in [0.3, 0.4) is 0 Å². The Morgan fingerprint density at radius 1 is 1.53 bits per heavy atom. The Hall–Kier alpha value is -0.780. The average molecular weight is 276 g/mol. The molecule has 0 fully saturated rings. The highest BCUT2D eigenvalue weighted by Crippen LogP contribution is 2.37. The van der Waals surface area contributed by atoms with Crippen LogP contribution in [0.15, 0.2) is 16.6 Å². The van der Waals surface area contributed by atoms with Crippen LogP contribution < -0.4 is 10.5 Å². The molecule has 0 aliphatic carbocycles. The molecule has 84 valence electrons. The first kappa shape index (κ1) is 12.3. The molecule has 5 heteroatoms. The zero-order valence-electron chi connectivity index (χ0n) is 8.40. The zero-order chi connectivity index (χ0) is 11.4. The van der Waals surface area contributed by atoms with E-state index in [1.165, 1.54) is 7.11 Å². The minimum absolute atomic E-state index is 0.0289. The van der Waals surface area contributed by atoms with Crippen LogP contribution in [0, 0.1) is 0 Å². The van der Waals surface area contributed by atoms with Crippen LogP contribution in [0.5, 0.6) is 11.5 Å². The fourth-order valence-corrected chi connectivity index (χ4v) is 1.73. The fourth-order valence-electron chi connectivity index (χ4n) is 1.27. The Bertz CT molecular complexity index is 344. The monoisotopic (exact) mass is 275 g/mol. The number of phenols is 1. The zero-order valence-corrected chi connectivity index (χ0v) is 9.99. The summed E-state index contributed by atoms with van der Waals surface area (Å²) in [5, 5.41) is 19.3. The van der Waals surface area contributed by atoms with Crippen molar-refractivity contribution < 1.29 is 14.9 Å². The minimum Gasteiger partial charge on any atom is -0.503 e. The molecule has 0 aliphatic rings. The average Bonchev–Trinajstić information content (AvgIpc) is 2.22. The Kier molecular flexibility index (Phi) is 4.38. The van der Waals surface area contributed by atoms with Gasteiger partial charge in [-0.15, -0.1) is 0 Å². The maximum atomic E-state index is 9.72. The lowest BCUT2D eigenvalue weighted by Gasteiger charge is -2.13. The molecule has 0 bridgehead atoms. The van der Waals surface area contributed by atoms with E-state index in [2.05, 4.69) is 15.9 Å². The van der Waals surface area contributed by atoms with E-state index < -0.39 is 6.10 Å².